The normalized spacial score (nSPS) is 32.8. The fraction of sp³-hybridized carbons (Fsp3) is 1.00. The summed E-state index contributed by atoms with van der Waals surface area (Å²) in [4.78, 5) is 0. The molecule has 1 heterocycles. The highest BCUT2D eigenvalue weighted by atomic mass is 32.2. The Kier molecular flexibility index (Phi) is 4.18. The lowest BCUT2D eigenvalue weighted by Crippen LogP contribution is -2.40. The Balaban J connectivity index is 1.82. The van der Waals surface area contributed by atoms with E-state index in [1.54, 1.807) is 0 Å². The minimum Gasteiger partial charge on any atom is -0.327 e. The van der Waals surface area contributed by atoms with Crippen molar-refractivity contribution in [3.8, 4) is 0 Å². The molecule has 82 valence electrons. The molecule has 0 aromatic heterocycles. The molecule has 2 rings (SSSR count). The quantitative estimate of drug-likeness (QED) is 0.763. The third-order valence-electron chi connectivity index (χ3n) is 3.93. The van der Waals surface area contributed by atoms with E-state index in [9.17, 15) is 0 Å². The van der Waals surface area contributed by atoms with E-state index < -0.39 is 0 Å². The minimum atomic E-state index is 0.517. The van der Waals surface area contributed by atoms with Crippen LogP contribution >= 0.6 is 11.8 Å². The van der Waals surface area contributed by atoms with Crippen molar-refractivity contribution in [1.82, 2.24) is 0 Å². The molecule has 0 bridgehead atoms. The monoisotopic (exact) mass is 213 g/mol. The van der Waals surface area contributed by atoms with Crippen molar-refractivity contribution < 1.29 is 0 Å². The molecule has 0 aromatic rings. The molecule has 14 heavy (non-hydrogen) atoms. The fourth-order valence-electron chi connectivity index (χ4n) is 2.97. The lowest BCUT2D eigenvalue weighted by atomic mass is 9.78. The van der Waals surface area contributed by atoms with Crippen LogP contribution in [0.15, 0.2) is 0 Å². The highest BCUT2D eigenvalue weighted by Gasteiger charge is 2.28. The molecule has 0 radical (unpaired) electrons. The summed E-state index contributed by atoms with van der Waals surface area (Å²) in [5.41, 5.74) is 6.41. The molecule has 2 fully saturated rings. The molecular weight excluding hydrogens is 190 g/mol. The van der Waals surface area contributed by atoms with Crippen molar-refractivity contribution >= 4 is 11.8 Å². The van der Waals surface area contributed by atoms with Gasteiger partial charge in [0.2, 0.25) is 0 Å². The van der Waals surface area contributed by atoms with Gasteiger partial charge < -0.3 is 5.73 Å². The molecule has 0 spiro atoms. The van der Waals surface area contributed by atoms with Crippen LogP contribution in [0.4, 0.5) is 0 Å². The Labute approximate surface area is 92.2 Å². The number of rotatable bonds is 2. The Hall–Kier alpha value is 0.310. The van der Waals surface area contributed by atoms with E-state index in [1.165, 1.54) is 56.5 Å². The van der Waals surface area contributed by atoms with Crippen LogP contribution in [0.2, 0.25) is 0 Å². The van der Waals surface area contributed by atoms with Gasteiger partial charge in [-0.2, -0.15) is 11.8 Å². The first-order valence-electron chi connectivity index (χ1n) is 6.21. The van der Waals surface area contributed by atoms with E-state index in [0.29, 0.717) is 6.04 Å². The van der Waals surface area contributed by atoms with E-state index in [-0.39, 0.29) is 0 Å². The van der Waals surface area contributed by atoms with Gasteiger partial charge in [0.05, 0.1) is 0 Å². The third-order valence-corrected chi connectivity index (χ3v) is 5.18. The van der Waals surface area contributed by atoms with Crippen molar-refractivity contribution in [2.45, 2.75) is 51.0 Å². The van der Waals surface area contributed by atoms with Crippen molar-refractivity contribution in [2.24, 2.45) is 17.6 Å². The maximum absolute atomic E-state index is 6.41. The maximum Gasteiger partial charge on any atom is 0.0103 e. The molecule has 1 aliphatic carbocycles. The molecule has 2 N–H and O–H groups in total. The predicted octanol–water partition coefficient (Wildman–Crippen LogP) is 3.04. The van der Waals surface area contributed by atoms with Gasteiger partial charge in [0.25, 0.3) is 0 Å². The van der Waals surface area contributed by atoms with Crippen molar-refractivity contribution in [2.75, 3.05) is 11.5 Å². The van der Waals surface area contributed by atoms with Crippen LogP contribution in [0.5, 0.6) is 0 Å². The first kappa shape index (κ1) is 10.8. The summed E-state index contributed by atoms with van der Waals surface area (Å²) in [5.74, 6) is 4.38. The standard InChI is InChI=1S/C12H23NS/c13-12(10-5-2-1-3-6-10)11-7-4-8-14-9-11/h10-12H,1-9,13H2. The second-order valence-corrected chi connectivity index (χ2v) is 6.10. The third kappa shape index (κ3) is 2.66. The SMILES string of the molecule is NC(C1CCCCC1)C1CCCSC1. The summed E-state index contributed by atoms with van der Waals surface area (Å²) < 4.78 is 0. The summed E-state index contributed by atoms with van der Waals surface area (Å²) in [5, 5.41) is 0. The van der Waals surface area contributed by atoms with Crippen LogP contribution in [-0.2, 0) is 0 Å². The number of hydrogen-bond donors (Lipinski definition) is 1. The van der Waals surface area contributed by atoms with Gasteiger partial charge in [0, 0.05) is 6.04 Å². The zero-order valence-corrected chi connectivity index (χ0v) is 9.90. The largest absolute Gasteiger partial charge is 0.327 e. The molecule has 2 aliphatic rings. The Morgan fingerprint density at radius 3 is 2.29 bits per heavy atom. The molecule has 1 saturated heterocycles. The summed E-state index contributed by atoms with van der Waals surface area (Å²) in [6.45, 7) is 0. The first-order valence-corrected chi connectivity index (χ1v) is 7.37. The average molecular weight is 213 g/mol. The minimum absolute atomic E-state index is 0.517. The van der Waals surface area contributed by atoms with Gasteiger partial charge >= 0.3 is 0 Å². The molecule has 1 aliphatic heterocycles. The van der Waals surface area contributed by atoms with Gasteiger partial charge in [-0.1, -0.05) is 19.3 Å². The van der Waals surface area contributed by atoms with Crippen LogP contribution in [-0.4, -0.2) is 17.5 Å². The highest BCUT2D eigenvalue weighted by Crippen LogP contribution is 2.33. The molecule has 2 heteroatoms. The first-order chi connectivity index (χ1) is 6.88. The van der Waals surface area contributed by atoms with Crippen LogP contribution < -0.4 is 5.73 Å². The number of nitrogens with two attached hydrogens (primary N) is 1. The lowest BCUT2D eigenvalue weighted by Gasteiger charge is -2.35. The Bertz CT molecular complexity index is 142. The van der Waals surface area contributed by atoms with Crippen molar-refractivity contribution in [3.63, 3.8) is 0 Å². The van der Waals surface area contributed by atoms with Gasteiger partial charge in [-0.25, -0.2) is 0 Å². The zero-order valence-electron chi connectivity index (χ0n) is 9.08. The summed E-state index contributed by atoms with van der Waals surface area (Å²) >= 11 is 2.12. The number of thioether (sulfide) groups is 1. The average Bonchev–Trinajstić information content (AvgIpc) is 2.30. The van der Waals surface area contributed by atoms with E-state index in [0.717, 1.165) is 11.8 Å². The highest BCUT2D eigenvalue weighted by molar-refractivity contribution is 7.99. The second-order valence-electron chi connectivity index (χ2n) is 4.95. The zero-order chi connectivity index (χ0) is 9.80. The maximum atomic E-state index is 6.41. The van der Waals surface area contributed by atoms with Gasteiger partial charge in [-0.3, -0.25) is 0 Å². The van der Waals surface area contributed by atoms with Gasteiger partial charge in [-0.15, -0.1) is 0 Å². The molecule has 2 unspecified atom stereocenters. The molecule has 1 saturated carbocycles. The fourth-order valence-corrected chi connectivity index (χ4v) is 4.20. The smallest absolute Gasteiger partial charge is 0.0103 e. The predicted molar refractivity (Wildman–Crippen MR) is 64.6 cm³/mol. The summed E-state index contributed by atoms with van der Waals surface area (Å²) in [6.07, 6.45) is 9.91. The van der Waals surface area contributed by atoms with Crippen LogP contribution in [0, 0.1) is 11.8 Å². The van der Waals surface area contributed by atoms with E-state index >= 15 is 0 Å². The van der Waals surface area contributed by atoms with Crippen LogP contribution in [0.1, 0.15) is 44.9 Å². The number of hydrogen-bond acceptors (Lipinski definition) is 2. The van der Waals surface area contributed by atoms with E-state index in [1.807, 2.05) is 0 Å². The van der Waals surface area contributed by atoms with E-state index in [2.05, 4.69) is 11.8 Å². The Morgan fingerprint density at radius 2 is 1.64 bits per heavy atom. The molecular formula is C12H23NS. The van der Waals surface area contributed by atoms with Gasteiger partial charge in [0.15, 0.2) is 0 Å². The van der Waals surface area contributed by atoms with Crippen LogP contribution in [0.3, 0.4) is 0 Å². The van der Waals surface area contributed by atoms with Gasteiger partial charge in [-0.05, 0) is 49.0 Å². The van der Waals surface area contributed by atoms with Crippen molar-refractivity contribution in [3.05, 3.63) is 0 Å². The van der Waals surface area contributed by atoms with E-state index in [4.69, 9.17) is 5.73 Å². The molecule has 0 amide bonds. The van der Waals surface area contributed by atoms with Gasteiger partial charge in [0.1, 0.15) is 0 Å². The lowest BCUT2D eigenvalue weighted by molar-refractivity contribution is 0.246. The molecule has 0 aromatic carbocycles. The molecule has 1 nitrogen and oxygen atoms in total. The summed E-state index contributed by atoms with van der Waals surface area (Å²) in [6, 6.07) is 0.517. The van der Waals surface area contributed by atoms with Crippen molar-refractivity contribution in [1.29, 1.82) is 0 Å². The summed E-state index contributed by atoms with van der Waals surface area (Å²) in [7, 11) is 0. The second kappa shape index (κ2) is 5.41. The topological polar surface area (TPSA) is 26.0 Å². The Morgan fingerprint density at radius 1 is 0.929 bits per heavy atom. The van der Waals surface area contributed by atoms with Crippen LogP contribution in [0.25, 0.3) is 0 Å². The molecule has 2 atom stereocenters.